The zero-order chi connectivity index (χ0) is 17.2. The molecular weight excluding hydrogens is 358 g/mol. The van der Waals surface area contributed by atoms with Gasteiger partial charge in [0.05, 0.1) is 5.56 Å². The fourth-order valence-electron chi connectivity index (χ4n) is 3.56. The zero-order valence-electron chi connectivity index (χ0n) is 13.9. The standard InChI is InChI=1S/C16H18BrNO3.C2H6/c1-10-14(19)9-16(10)4-6-18(7-5-16)11-2-3-12(15(20)21)13(17)8-11;1-2/h2-3,8,10H,4-7,9H2,1H3,(H,20,21);1-2H3. The summed E-state index contributed by atoms with van der Waals surface area (Å²) in [5.41, 5.74) is 1.55. The third-order valence-electron chi connectivity index (χ3n) is 5.24. The largest absolute Gasteiger partial charge is 0.478 e. The number of halogens is 1. The molecule has 1 N–H and O–H groups in total. The van der Waals surface area contributed by atoms with Crippen LogP contribution in [0.15, 0.2) is 22.7 Å². The molecule has 3 rings (SSSR count). The van der Waals surface area contributed by atoms with Crippen molar-refractivity contribution < 1.29 is 14.7 Å². The number of benzene rings is 1. The first kappa shape index (κ1) is 18.0. The summed E-state index contributed by atoms with van der Waals surface area (Å²) in [4.78, 5) is 24.8. The molecule has 2 aliphatic rings. The van der Waals surface area contributed by atoms with Crippen molar-refractivity contribution >= 4 is 33.4 Å². The van der Waals surface area contributed by atoms with Crippen LogP contribution in [0.2, 0.25) is 0 Å². The molecular formula is C18H24BrNO3. The summed E-state index contributed by atoms with van der Waals surface area (Å²) in [5.74, 6) is -0.314. The highest BCUT2D eigenvalue weighted by Crippen LogP contribution is 2.51. The summed E-state index contributed by atoms with van der Waals surface area (Å²) < 4.78 is 0.611. The van der Waals surface area contributed by atoms with E-state index < -0.39 is 5.97 Å². The smallest absolute Gasteiger partial charge is 0.336 e. The number of carbonyl (C=O) groups excluding carboxylic acids is 1. The number of carboxylic acids is 1. The molecule has 23 heavy (non-hydrogen) atoms. The Labute approximate surface area is 146 Å². The van der Waals surface area contributed by atoms with E-state index in [9.17, 15) is 9.59 Å². The van der Waals surface area contributed by atoms with Crippen molar-refractivity contribution in [2.45, 2.75) is 40.0 Å². The molecule has 1 unspecified atom stereocenters. The maximum absolute atomic E-state index is 11.5. The quantitative estimate of drug-likeness (QED) is 0.825. The Kier molecular flexibility index (Phi) is 5.50. The number of nitrogens with zero attached hydrogens (tertiary/aromatic N) is 1. The van der Waals surface area contributed by atoms with Gasteiger partial charge in [0.15, 0.2) is 0 Å². The number of hydrogen-bond acceptors (Lipinski definition) is 3. The van der Waals surface area contributed by atoms with Crippen LogP contribution in [-0.4, -0.2) is 29.9 Å². The fraction of sp³-hybridized carbons (Fsp3) is 0.556. The van der Waals surface area contributed by atoms with Crippen LogP contribution < -0.4 is 4.90 Å². The van der Waals surface area contributed by atoms with E-state index in [0.29, 0.717) is 10.3 Å². The normalized spacial score (nSPS) is 22.2. The SMILES string of the molecule is CC.CC1C(=O)CC12CCN(c1ccc(C(=O)O)c(Br)c1)CC2. The van der Waals surface area contributed by atoms with E-state index in [-0.39, 0.29) is 16.9 Å². The van der Waals surface area contributed by atoms with Gasteiger partial charge in [-0.2, -0.15) is 0 Å². The van der Waals surface area contributed by atoms with Gasteiger partial charge in [0.2, 0.25) is 0 Å². The molecule has 1 aliphatic heterocycles. The maximum Gasteiger partial charge on any atom is 0.336 e. The van der Waals surface area contributed by atoms with Crippen LogP contribution in [-0.2, 0) is 4.79 Å². The summed E-state index contributed by atoms with van der Waals surface area (Å²) in [7, 11) is 0. The van der Waals surface area contributed by atoms with Gasteiger partial charge < -0.3 is 10.0 Å². The van der Waals surface area contributed by atoms with Gasteiger partial charge >= 0.3 is 5.97 Å². The third-order valence-corrected chi connectivity index (χ3v) is 5.89. The molecule has 0 aromatic heterocycles. The molecule has 1 aromatic rings. The number of carboxylic acid groups (broad SMARTS) is 1. The van der Waals surface area contributed by atoms with Gasteiger partial charge in [-0.3, -0.25) is 4.79 Å². The molecule has 0 amide bonds. The Hall–Kier alpha value is -1.36. The first-order valence-corrected chi connectivity index (χ1v) is 9.03. The Bertz CT molecular complexity index is 606. The highest BCUT2D eigenvalue weighted by Gasteiger charge is 2.51. The van der Waals surface area contributed by atoms with E-state index in [4.69, 9.17) is 5.11 Å². The topological polar surface area (TPSA) is 57.6 Å². The Morgan fingerprint density at radius 3 is 2.35 bits per heavy atom. The highest BCUT2D eigenvalue weighted by atomic mass is 79.9. The number of rotatable bonds is 2. The van der Waals surface area contributed by atoms with Crippen LogP contribution in [0.3, 0.4) is 0 Å². The monoisotopic (exact) mass is 381 g/mol. The molecule has 2 fully saturated rings. The second-order valence-corrected chi connectivity index (χ2v) is 7.04. The first-order valence-electron chi connectivity index (χ1n) is 8.23. The van der Waals surface area contributed by atoms with Gasteiger partial charge in [-0.25, -0.2) is 4.79 Å². The Morgan fingerprint density at radius 1 is 1.30 bits per heavy atom. The second kappa shape index (κ2) is 7.04. The van der Waals surface area contributed by atoms with E-state index in [1.165, 1.54) is 0 Å². The van der Waals surface area contributed by atoms with E-state index >= 15 is 0 Å². The van der Waals surface area contributed by atoms with Crippen LogP contribution in [0.25, 0.3) is 0 Å². The summed E-state index contributed by atoms with van der Waals surface area (Å²) in [5, 5.41) is 9.05. The van der Waals surface area contributed by atoms with Gasteiger partial charge in [0, 0.05) is 35.6 Å². The minimum Gasteiger partial charge on any atom is -0.478 e. The van der Waals surface area contributed by atoms with Gasteiger partial charge in [0.25, 0.3) is 0 Å². The van der Waals surface area contributed by atoms with Crippen LogP contribution in [0.5, 0.6) is 0 Å². The highest BCUT2D eigenvalue weighted by molar-refractivity contribution is 9.10. The van der Waals surface area contributed by atoms with Crippen LogP contribution >= 0.6 is 15.9 Å². The van der Waals surface area contributed by atoms with Gasteiger partial charge in [0.1, 0.15) is 5.78 Å². The van der Waals surface area contributed by atoms with Crippen LogP contribution in [0, 0.1) is 11.3 Å². The molecule has 1 heterocycles. The van der Waals surface area contributed by atoms with E-state index in [0.717, 1.165) is 38.0 Å². The number of aromatic carboxylic acids is 1. The van der Waals surface area contributed by atoms with E-state index in [2.05, 4.69) is 27.8 Å². The van der Waals surface area contributed by atoms with Crippen molar-refractivity contribution in [3.05, 3.63) is 28.2 Å². The lowest BCUT2D eigenvalue weighted by atomic mass is 9.55. The van der Waals surface area contributed by atoms with Crippen molar-refractivity contribution in [1.82, 2.24) is 0 Å². The molecule has 5 heteroatoms. The predicted molar refractivity (Wildman–Crippen MR) is 95.1 cm³/mol. The molecule has 126 valence electrons. The van der Waals surface area contributed by atoms with E-state index in [1.54, 1.807) is 6.07 Å². The fourth-order valence-corrected chi connectivity index (χ4v) is 4.09. The predicted octanol–water partition coefficient (Wildman–Crippen LogP) is 4.37. The molecule has 4 nitrogen and oxygen atoms in total. The molecule has 0 bridgehead atoms. The van der Waals surface area contributed by atoms with Gasteiger partial charge in [-0.1, -0.05) is 20.8 Å². The summed E-state index contributed by atoms with van der Waals surface area (Å²) in [6.07, 6.45) is 2.82. The molecule has 0 radical (unpaired) electrons. The van der Waals surface area contributed by atoms with Crippen LogP contribution in [0.1, 0.15) is 50.4 Å². The number of Topliss-reactive ketones (excluding diaryl/α,β-unsaturated/α-hetero) is 1. The van der Waals surface area contributed by atoms with Crippen molar-refractivity contribution in [1.29, 1.82) is 0 Å². The number of piperidine rings is 1. The lowest BCUT2D eigenvalue weighted by Crippen LogP contribution is -2.53. The zero-order valence-corrected chi connectivity index (χ0v) is 15.5. The Morgan fingerprint density at radius 2 is 1.91 bits per heavy atom. The molecule has 1 atom stereocenters. The lowest BCUT2D eigenvalue weighted by Gasteiger charge is -2.51. The third kappa shape index (κ3) is 3.30. The molecule has 1 aromatic carbocycles. The van der Waals surface area contributed by atoms with Crippen molar-refractivity contribution in [3.63, 3.8) is 0 Å². The average Bonchev–Trinajstić information content (AvgIpc) is 2.56. The van der Waals surface area contributed by atoms with Gasteiger partial charge in [-0.05, 0) is 52.4 Å². The van der Waals surface area contributed by atoms with E-state index in [1.807, 2.05) is 26.0 Å². The van der Waals surface area contributed by atoms with Crippen molar-refractivity contribution in [2.24, 2.45) is 11.3 Å². The molecule has 1 spiro atoms. The minimum atomic E-state index is -0.923. The number of hydrogen-bond donors (Lipinski definition) is 1. The Balaban J connectivity index is 0.000000924. The van der Waals surface area contributed by atoms with Gasteiger partial charge in [-0.15, -0.1) is 0 Å². The summed E-state index contributed by atoms with van der Waals surface area (Å²) >= 11 is 3.33. The molecule has 1 aliphatic carbocycles. The lowest BCUT2D eigenvalue weighted by molar-refractivity contribution is -0.143. The minimum absolute atomic E-state index is 0.209. The average molecular weight is 382 g/mol. The maximum atomic E-state index is 11.5. The molecule has 1 saturated heterocycles. The number of carbonyl (C=O) groups is 2. The van der Waals surface area contributed by atoms with Crippen LogP contribution in [0.4, 0.5) is 5.69 Å². The molecule has 1 saturated carbocycles. The number of anilines is 1. The second-order valence-electron chi connectivity index (χ2n) is 6.18. The van der Waals surface area contributed by atoms with Crippen molar-refractivity contribution in [3.8, 4) is 0 Å². The summed E-state index contributed by atoms with van der Waals surface area (Å²) in [6.45, 7) is 7.91. The first-order chi connectivity index (χ1) is 10.9. The number of ketones is 1. The summed E-state index contributed by atoms with van der Waals surface area (Å²) in [6, 6.07) is 5.37. The van der Waals surface area contributed by atoms with Crippen molar-refractivity contribution in [2.75, 3.05) is 18.0 Å².